The number of nitrogens with zero attached hydrogens (tertiary/aromatic N) is 5. The van der Waals surface area contributed by atoms with Gasteiger partial charge >= 0.3 is 17.8 Å². The number of aromatic nitrogens is 1. The Morgan fingerprint density at radius 2 is 1.87 bits per heavy atom. The third-order valence-corrected chi connectivity index (χ3v) is 8.68. The molecule has 5 rings (SSSR count). The van der Waals surface area contributed by atoms with Crippen molar-refractivity contribution in [3.63, 3.8) is 0 Å². The molecule has 2 atom stereocenters. The van der Waals surface area contributed by atoms with Crippen LogP contribution < -0.4 is 16.4 Å². The second kappa shape index (κ2) is 14.3. The quantitative estimate of drug-likeness (QED) is 0.164. The molecule has 2 aliphatic rings. The van der Waals surface area contributed by atoms with Crippen molar-refractivity contribution in [1.82, 2.24) is 35.4 Å². The van der Waals surface area contributed by atoms with Crippen molar-refractivity contribution in [3.8, 4) is 0 Å². The Morgan fingerprint density at radius 1 is 1.07 bits per heavy atom. The summed E-state index contributed by atoms with van der Waals surface area (Å²) in [7, 11) is 0. The van der Waals surface area contributed by atoms with Gasteiger partial charge in [0.25, 0.3) is 0 Å². The largest absolute Gasteiger partial charge is 0.361 e. The lowest BCUT2D eigenvalue weighted by atomic mass is 10.00. The van der Waals surface area contributed by atoms with Gasteiger partial charge in [0, 0.05) is 26.2 Å². The van der Waals surface area contributed by atoms with E-state index in [1.807, 2.05) is 48.5 Å². The summed E-state index contributed by atoms with van der Waals surface area (Å²) in [4.78, 5) is 71.9. The molecular weight excluding hydrogens is 596 g/mol. The smallest absolute Gasteiger partial charge is 0.334 e. The van der Waals surface area contributed by atoms with E-state index in [4.69, 9.17) is 5.73 Å². The number of hydrogen-bond donors (Lipinski definition) is 3. The van der Waals surface area contributed by atoms with Crippen molar-refractivity contribution in [2.75, 3.05) is 26.2 Å². The van der Waals surface area contributed by atoms with Crippen LogP contribution in [0.2, 0.25) is 0 Å². The number of nitrogens with one attached hydrogen (secondary N) is 2. The summed E-state index contributed by atoms with van der Waals surface area (Å²) >= 11 is 1.51. The van der Waals surface area contributed by atoms with Crippen LogP contribution in [0.15, 0.2) is 66.7 Å². The minimum atomic E-state index is -1.07. The molecule has 236 valence electrons. The number of unbranched alkanes of at least 4 members (excludes halogenated alkanes) is 1. The first kappa shape index (κ1) is 31.6. The molecule has 0 unspecified atom stereocenters. The maximum Gasteiger partial charge on any atom is 0.334 e. The monoisotopic (exact) mass is 632 g/mol. The van der Waals surface area contributed by atoms with E-state index in [1.54, 1.807) is 21.5 Å². The van der Waals surface area contributed by atoms with Gasteiger partial charge in [-0.05, 0) is 36.5 Å². The Hall–Kier alpha value is -4.82. The third kappa shape index (κ3) is 7.13. The summed E-state index contributed by atoms with van der Waals surface area (Å²) in [6.07, 6.45) is 2.09. The first-order valence-corrected chi connectivity index (χ1v) is 15.6. The van der Waals surface area contributed by atoms with Crippen LogP contribution in [0.5, 0.6) is 0 Å². The number of para-hydroxylation sites is 1. The predicted octanol–water partition coefficient (Wildman–Crippen LogP) is 1.56. The number of carbonyl (C=O) groups is 5. The van der Waals surface area contributed by atoms with Crippen LogP contribution in [0.3, 0.4) is 0 Å². The molecule has 0 bridgehead atoms. The van der Waals surface area contributed by atoms with Gasteiger partial charge < -0.3 is 26.2 Å². The highest BCUT2D eigenvalue weighted by atomic mass is 32.1. The summed E-state index contributed by atoms with van der Waals surface area (Å²) in [5.41, 5.74) is 9.37. The van der Waals surface area contributed by atoms with Crippen LogP contribution in [-0.2, 0) is 32.3 Å². The molecule has 3 aromatic rings. The number of carbonyl (C=O) groups excluding carboxylic acids is 5. The lowest BCUT2D eigenvalue weighted by Crippen LogP contribution is -2.76. The molecule has 0 spiro atoms. The number of hydrazine groups is 1. The fourth-order valence-corrected chi connectivity index (χ4v) is 6.53. The van der Waals surface area contributed by atoms with E-state index in [1.165, 1.54) is 21.2 Å². The van der Waals surface area contributed by atoms with Crippen LogP contribution >= 0.6 is 11.3 Å². The highest BCUT2D eigenvalue weighted by Crippen LogP contribution is 2.31. The SMILES string of the molecule is C=CCN1CC(=O)N2[C@@H](CCCCNC(=O)C(N)=O)C(=O)N(Cc3cccc4scnc34)C[C@@H]2N1C(=O)NCc1ccccc1. The lowest BCUT2D eigenvalue weighted by molar-refractivity contribution is -0.190. The number of thiazole rings is 1. The van der Waals surface area contributed by atoms with E-state index < -0.39 is 30.1 Å². The maximum atomic E-state index is 14.1. The highest BCUT2D eigenvalue weighted by molar-refractivity contribution is 7.16. The molecule has 13 nitrogen and oxygen atoms in total. The average Bonchev–Trinajstić information content (AvgIpc) is 3.52. The topological polar surface area (TPSA) is 161 Å². The number of rotatable bonds is 11. The van der Waals surface area contributed by atoms with Crippen LogP contribution in [0, 0.1) is 0 Å². The molecule has 1 aromatic heterocycles. The zero-order valence-electron chi connectivity index (χ0n) is 24.8. The standard InChI is InChI=1S/C31H36N8O5S/c1-2-15-37-19-26(40)38-23(12-6-7-14-33-29(42)28(32)41)30(43)36(17-22-11-8-13-24-27(22)35-20-45-24)18-25(38)39(37)31(44)34-16-21-9-4-3-5-10-21/h2-5,8-11,13,20,23,25H,1,6-7,12,14-19H2,(H2,32,41)(H,33,42)(H,34,44)/t23-,25-/m0/s1. The van der Waals surface area contributed by atoms with Gasteiger partial charge in [-0.25, -0.2) is 19.8 Å². The van der Waals surface area contributed by atoms with Gasteiger partial charge in [0.05, 0.1) is 28.8 Å². The number of benzene rings is 2. The molecular formula is C31H36N8O5S. The Kier molecular flexibility index (Phi) is 10.0. The van der Waals surface area contributed by atoms with Crippen molar-refractivity contribution in [1.29, 1.82) is 0 Å². The molecule has 0 saturated carbocycles. The van der Waals surface area contributed by atoms with Crippen LogP contribution in [0.4, 0.5) is 4.79 Å². The number of piperazine rings is 1. The normalized spacial score (nSPS) is 18.5. The van der Waals surface area contributed by atoms with E-state index in [2.05, 4.69) is 22.2 Å². The van der Waals surface area contributed by atoms with Crippen molar-refractivity contribution in [2.45, 2.75) is 44.6 Å². The van der Waals surface area contributed by atoms with Crippen LogP contribution in [0.1, 0.15) is 30.4 Å². The van der Waals surface area contributed by atoms with Gasteiger partial charge in [0.2, 0.25) is 11.8 Å². The fraction of sp³-hybridized carbons (Fsp3) is 0.355. The molecule has 0 aliphatic carbocycles. The van der Waals surface area contributed by atoms with E-state index in [9.17, 15) is 24.0 Å². The Balaban J connectivity index is 1.42. The van der Waals surface area contributed by atoms with Crippen molar-refractivity contribution < 1.29 is 24.0 Å². The zero-order valence-corrected chi connectivity index (χ0v) is 25.6. The first-order chi connectivity index (χ1) is 21.8. The molecule has 14 heteroatoms. The summed E-state index contributed by atoms with van der Waals surface area (Å²) in [5, 5.41) is 8.62. The number of urea groups is 1. The fourth-order valence-electron chi connectivity index (χ4n) is 5.81. The first-order valence-electron chi connectivity index (χ1n) is 14.7. The number of nitrogens with two attached hydrogens (primary N) is 1. The third-order valence-electron chi connectivity index (χ3n) is 7.88. The Labute approximate surface area is 264 Å². The van der Waals surface area contributed by atoms with Gasteiger partial charge in [-0.15, -0.1) is 17.9 Å². The minimum Gasteiger partial charge on any atom is -0.361 e. The molecule has 2 aromatic carbocycles. The Morgan fingerprint density at radius 3 is 2.62 bits per heavy atom. The molecule has 0 radical (unpaired) electrons. The van der Waals surface area contributed by atoms with Crippen LogP contribution in [0.25, 0.3) is 10.2 Å². The number of amides is 6. The molecule has 3 heterocycles. The second-order valence-electron chi connectivity index (χ2n) is 10.9. The number of primary amides is 1. The van der Waals surface area contributed by atoms with Gasteiger partial charge in [0.1, 0.15) is 12.2 Å². The maximum absolute atomic E-state index is 14.1. The summed E-state index contributed by atoms with van der Waals surface area (Å²) in [5.74, 6) is -2.44. The summed E-state index contributed by atoms with van der Waals surface area (Å²) in [6, 6.07) is 14.1. The van der Waals surface area contributed by atoms with Gasteiger partial charge in [-0.1, -0.05) is 48.5 Å². The van der Waals surface area contributed by atoms with Crippen molar-refractivity contribution >= 4 is 51.2 Å². The Bertz CT molecular complexity index is 1580. The number of hydrogen-bond acceptors (Lipinski definition) is 8. The van der Waals surface area contributed by atoms with Crippen molar-refractivity contribution in [3.05, 3.63) is 77.8 Å². The lowest BCUT2D eigenvalue weighted by Gasteiger charge is -2.55. The van der Waals surface area contributed by atoms with Crippen LogP contribution in [-0.4, -0.2) is 92.8 Å². The molecule has 4 N–H and O–H groups in total. The zero-order chi connectivity index (χ0) is 31.9. The second-order valence-corrected chi connectivity index (χ2v) is 11.8. The molecule has 45 heavy (non-hydrogen) atoms. The highest BCUT2D eigenvalue weighted by Gasteiger charge is 2.51. The van der Waals surface area contributed by atoms with Gasteiger partial charge in [-0.2, -0.15) is 0 Å². The van der Waals surface area contributed by atoms with Crippen molar-refractivity contribution in [2.24, 2.45) is 5.73 Å². The van der Waals surface area contributed by atoms with E-state index in [0.29, 0.717) is 19.3 Å². The average molecular weight is 633 g/mol. The molecule has 2 aliphatic heterocycles. The minimum absolute atomic E-state index is 0.0993. The molecule has 2 saturated heterocycles. The van der Waals surface area contributed by atoms with Gasteiger partial charge in [-0.3, -0.25) is 19.2 Å². The summed E-state index contributed by atoms with van der Waals surface area (Å²) < 4.78 is 1.00. The van der Waals surface area contributed by atoms with E-state index in [0.717, 1.165) is 21.3 Å². The molecule has 6 amide bonds. The van der Waals surface area contributed by atoms with Gasteiger partial charge in [0.15, 0.2) is 0 Å². The molecule has 2 fully saturated rings. The summed E-state index contributed by atoms with van der Waals surface area (Å²) in [6.45, 7) is 4.81. The van der Waals surface area contributed by atoms with E-state index in [-0.39, 0.29) is 51.1 Å². The predicted molar refractivity (Wildman–Crippen MR) is 168 cm³/mol. The number of fused-ring (bicyclic) bond motifs is 2. The van der Waals surface area contributed by atoms with E-state index >= 15 is 0 Å².